The van der Waals surface area contributed by atoms with Gasteiger partial charge in [0.2, 0.25) is 0 Å². The molecule has 2 aromatic carbocycles. The lowest BCUT2D eigenvalue weighted by atomic mass is 9.98. The Morgan fingerprint density at radius 1 is 1.11 bits per heavy atom. The maximum Gasteiger partial charge on any atom is 0.490 e. The van der Waals surface area contributed by atoms with E-state index in [0.717, 1.165) is 25.9 Å². The fraction of sp³-hybridized carbons (Fsp3) is 0.364. The molecule has 1 aliphatic rings. The van der Waals surface area contributed by atoms with Crippen LogP contribution >= 0.6 is 11.6 Å². The van der Waals surface area contributed by atoms with E-state index in [9.17, 15) is 31.5 Å². The Morgan fingerprint density at radius 3 is 2.20 bits per heavy atom. The highest BCUT2D eigenvalue weighted by Gasteiger charge is 2.38. The molecule has 1 fully saturated rings. The van der Waals surface area contributed by atoms with E-state index in [4.69, 9.17) is 21.5 Å². The number of carbonyl (C=O) groups is 2. The van der Waals surface area contributed by atoms with Gasteiger partial charge in [-0.25, -0.2) is 18.0 Å². The van der Waals surface area contributed by atoms with Gasteiger partial charge in [-0.05, 0) is 61.6 Å². The Morgan fingerprint density at radius 2 is 1.69 bits per heavy atom. The molecule has 3 N–H and O–H groups in total. The third kappa shape index (κ3) is 7.49. The smallest absolute Gasteiger partial charge is 0.478 e. The summed E-state index contributed by atoms with van der Waals surface area (Å²) < 4.78 is 59.7. The van der Waals surface area contributed by atoms with Crippen LogP contribution in [0.15, 0.2) is 41.3 Å². The zero-order valence-electron chi connectivity index (χ0n) is 18.8. The number of sulfonamides is 1. The van der Waals surface area contributed by atoms with Crippen LogP contribution in [0.2, 0.25) is 5.02 Å². The van der Waals surface area contributed by atoms with Crippen LogP contribution in [0.3, 0.4) is 0 Å². The summed E-state index contributed by atoms with van der Waals surface area (Å²) in [6, 6.07) is 9.27. The maximum absolute atomic E-state index is 12.8. The monoisotopic (exact) mass is 536 g/mol. The van der Waals surface area contributed by atoms with Crippen molar-refractivity contribution in [2.75, 3.05) is 22.7 Å². The van der Waals surface area contributed by atoms with E-state index >= 15 is 0 Å². The number of nitrogens with one attached hydrogen (secondary N) is 1. The van der Waals surface area contributed by atoms with Gasteiger partial charge in [0.1, 0.15) is 0 Å². The van der Waals surface area contributed by atoms with Crippen molar-refractivity contribution >= 4 is 44.9 Å². The molecule has 0 atom stereocenters. The van der Waals surface area contributed by atoms with E-state index in [1.54, 1.807) is 31.2 Å². The molecule has 13 heteroatoms. The van der Waals surface area contributed by atoms with Crippen LogP contribution < -0.4 is 9.62 Å². The van der Waals surface area contributed by atoms with Gasteiger partial charge in [-0.2, -0.15) is 13.2 Å². The molecule has 35 heavy (non-hydrogen) atoms. The summed E-state index contributed by atoms with van der Waals surface area (Å²) in [5.41, 5.74) is 1.33. The van der Waals surface area contributed by atoms with Crippen molar-refractivity contribution < 1.29 is 41.4 Å². The zero-order valence-corrected chi connectivity index (χ0v) is 20.3. The first-order valence-corrected chi connectivity index (χ1v) is 12.2. The fourth-order valence-electron chi connectivity index (χ4n) is 3.39. The summed E-state index contributed by atoms with van der Waals surface area (Å²) in [4.78, 5) is 22.8. The molecule has 1 aliphatic heterocycles. The summed E-state index contributed by atoms with van der Waals surface area (Å²) in [6.07, 6.45) is -3.08. The fourth-order valence-corrected chi connectivity index (χ4v) is 4.93. The molecule has 2 aromatic rings. The van der Waals surface area contributed by atoms with Gasteiger partial charge in [-0.1, -0.05) is 24.6 Å². The van der Waals surface area contributed by atoms with Crippen LogP contribution in [-0.4, -0.2) is 49.8 Å². The minimum atomic E-state index is -5.08. The zero-order chi connectivity index (χ0) is 26.6. The lowest BCUT2D eigenvalue weighted by molar-refractivity contribution is -0.192. The Balaban J connectivity index is 0.000000540. The highest BCUT2D eigenvalue weighted by Crippen LogP contribution is 2.30. The number of aliphatic carboxylic acids is 1. The van der Waals surface area contributed by atoms with Crippen LogP contribution in [0.25, 0.3) is 0 Å². The van der Waals surface area contributed by atoms with E-state index < -0.39 is 28.1 Å². The Bertz CT molecular complexity index is 1200. The summed E-state index contributed by atoms with van der Waals surface area (Å²) in [7, 11) is -3.89. The van der Waals surface area contributed by atoms with E-state index in [1.807, 2.05) is 4.90 Å². The van der Waals surface area contributed by atoms with Gasteiger partial charge in [0.25, 0.3) is 10.0 Å². The molecule has 0 saturated carbocycles. The molecule has 1 heterocycles. The third-order valence-electron chi connectivity index (χ3n) is 5.35. The normalized spacial score (nSPS) is 14.6. The number of aromatic carboxylic acids is 1. The first kappa shape index (κ1) is 28.2. The van der Waals surface area contributed by atoms with Crippen LogP contribution in [0, 0.1) is 12.8 Å². The first-order valence-electron chi connectivity index (χ1n) is 10.3. The summed E-state index contributed by atoms with van der Waals surface area (Å²) in [5.74, 6) is -3.22. The molecule has 0 aliphatic carbocycles. The lowest BCUT2D eigenvalue weighted by Gasteiger charge is -2.33. The highest BCUT2D eigenvalue weighted by molar-refractivity contribution is 7.92. The molecule has 0 unspecified atom stereocenters. The number of nitrogens with zero attached hydrogens (tertiary/aromatic N) is 1. The van der Waals surface area contributed by atoms with Crippen molar-refractivity contribution in [1.29, 1.82) is 0 Å². The van der Waals surface area contributed by atoms with Crippen molar-refractivity contribution in [2.45, 2.75) is 37.8 Å². The minimum Gasteiger partial charge on any atom is -0.478 e. The van der Waals surface area contributed by atoms with Crippen molar-refractivity contribution in [3.8, 4) is 0 Å². The predicted octanol–water partition coefficient (Wildman–Crippen LogP) is 5.02. The number of rotatable bonds is 5. The van der Waals surface area contributed by atoms with Crippen LogP contribution in [0.5, 0.6) is 0 Å². The van der Waals surface area contributed by atoms with E-state index in [2.05, 4.69) is 11.6 Å². The highest BCUT2D eigenvalue weighted by atomic mass is 35.5. The molecular weight excluding hydrogens is 513 g/mol. The second-order valence-corrected chi connectivity index (χ2v) is 10.0. The molecule has 8 nitrogen and oxygen atoms in total. The van der Waals surface area contributed by atoms with Gasteiger partial charge >= 0.3 is 18.1 Å². The second-order valence-electron chi connectivity index (χ2n) is 7.98. The molecule has 0 amide bonds. The third-order valence-corrected chi connectivity index (χ3v) is 7.29. The predicted molar refractivity (Wildman–Crippen MR) is 125 cm³/mol. The van der Waals surface area contributed by atoms with Gasteiger partial charge in [0, 0.05) is 23.8 Å². The second kappa shape index (κ2) is 11.2. The SMILES string of the molecule is Cc1c(Cl)cccc1S(=O)(=O)Nc1ccc(N2CCC(C)CC2)c(C(=O)O)c1.O=C(O)C(F)(F)F. The Kier molecular flexibility index (Phi) is 9.01. The molecule has 192 valence electrons. The molecule has 0 aromatic heterocycles. The molecule has 0 radical (unpaired) electrons. The topological polar surface area (TPSA) is 124 Å². The minimum absolute atomic E-state index is 0.0611. The van der Waals surface area contributed by atoms with Gasteiger partial charge in [0.05, 0.1) is 16.1 Å². The Hall–Kier alpha value is -2.99. The van der Waals surface area contributed by atoms with Crippen LogP contribution in [0.4, 0.5) is 24.5 Å². The molecular formula is C22H24ClF3N2O6S. The number of carboxylic acids is 2. The van der Waals surface area contributed by atoms with Crippen molar-refractivity contribution in [3.05, 3.63) is 52.5 Å². The van der Waals surface area contributed by atoms with Gasteiger partial charge < -0.3 is 15.1 Å². The summed E-state index contributed by atoms with van der Waals surface area (Å²) >= 11 is 6.03. The van der Waals surface area contributed by atoms with E-state index in [1.165, 1.54) is 12.1 Å². The summed E-state index contributed by atoms with van der Waals surface area (Å²) in [6.45, 7) is 5.38. The van der Waals surface area contributed by atoms with Crippen molar-refractivity contribution in [2.24, 2.45) is 5.92 Å². The van der Waals surface area contributed by atoms with Gasteiger partial charge in [0.15, 0.2) is 0 Å². The first-order chi connectivity index (χ1) is 16.1. The molecule has 1 saturated heterocycles. The van der Waals surface area contributed by atoms with Crippen molar-refractivity contribution in [1.82, 2.24) is 0 Å². The average molecular weight is 537 g/mol. The number of hydrogen-bond acceptors (Lipinski definition) is 5. The number of carboxylic acid groups (broad SMARTS) is 2. The quantitative estimate of drug-likeness (QED) is 0.490. The number of anilines is 2. The largest absolute Gasteiger partial charge is 0.490 e. The maximum atomic E-state index is 12.8. The number of benzene rings is 2. The number of alkyl halides is 3. The number of hydrogen-bond donors (Lipinski definition) is 3. The molecule has 3 rings (SSSR count). The van der Waals surface area contributed by atoms with Gasteiger partial charge in [-0.15, -0.1) is 0 Å². The summed E-state index contributed by atoms with van der Waals surface area (Å²) in [5, 5.41) is 17.1. The van der Waals surface area contributed by atoms with Gasteiger partial charge in [-0.3, -0.25) is 4.72 Å². The van der Waals surface area contributed by atoms with E-state index in [-0.39, 0.29) is 16.1 Å². The Labute approximate surface area is 205 Å². The lowest BCUT2D eigenvalue weighted by Crippen LogP contribution is -2.33. The standard InChI is InChI=1S/C20H23ClN2O4S.C2HF3O2/c1-13-8-10-23(11-9-13)18-7-6-15(12-16(18)20(24)25)22-28(26,27)19-5-3-4-17(21)14(19)2;3-2(4,5)1(6)7/h3-7,12-13,22H,8-11H2,1-2H3,(H,24,25);(H,6,7). The number of piperidine rings is 1. The molecule has 0 bridgehead atoms. The van der Waals surface area contributed by atoms with Crippen LogP contribution in [-0.2, 0) is 14.8 Å². The van der Waals surface area contributed by atoms with Crippen LogP contribution in [0.1, 0.15) is 35.7 Å². The van der Waals surface area contributed by atoms with Crippen molar-refractivity contribution in [3.63, 3.8) is 0 Å². The number of halogens is 4. The van der Waals surface area contributed by atoms with E-state index in [0.29, 0.717) is 22.2 Å². The average Bonchev–Trinajstić information content (AvgIpc) is 2.75. The molecule has 0 spiro atoms.